The van der Waals surface area contributed by atoms with Gasteiger partial charge in [-0.1, -0.05) is 36.4 Å². The number of para-hydroxylation sites is 1. The lowest BCUT2D eigenvalue weighted by molar-refractivity contribution is 0.00320. The lowest BCUT2D eigenvalue weighted by Crippen LogP contribution is -2.47. The summed E-state index contributed by atoms with van der Waals surface area (Å²) in [5.74, 6) is -0.502. The van der Waals surface area contributed by atoms with E-state index in [-0.39, 0.29) is 28.3 Å². The zero-order valence-electron chi connectivity index (χ0n) is 16.5. The number of hydrogen-bond donors (Lipinski definition) is 0. The van der Waals surface area contributed by atoms with Gasteiger partial charge in [-0.2, -0.15) is 5.10 Å². The highest BCUT2D eigenvalue weighted by Gasteiger charge is 2.38. The van der Waals surface area contributed by atoms with Crippen LogP contribution in [0.4, 0.5) is 0 Å². The molecule has 1 amide bonds. The van der Waals surface area contributed by atoms with Gasteiger partial charge in [0.05, 0.1) is 41.3 Å². The molecule has 2 aliphatic rings. The van der Waals surface area contributed by atoms with Gasteiger partial charge in [0.15, 0.2) is 15.5 Å². The van der Waals surface area contributed by atoms with Crippen LogP contribution in [-0.4, -0.2) is 54.8 Å². The molecule has 30 heavy (non-hydrogen) atoms. The lowest BCUT2D eigenvalue weighted by Gasteiger charge is -2.33. The van der Waals surface area contributed by atoms with Crippen LogP contribution in [0.1, 0.15) is 23.0 Å². The quantitative estimate of drug-likeness (QED) is 0.633. The average molecular weight is 423 g/mol. The number of aromatic nitrogens is 2. The third-order valence-corrected chi connectivity index (χ3v) is 7.32. The number of ether oxygens (including phenoxy) is 1. The fraction of sp³-hybridized carbons (Fsp3) is 0.273. The zero-order chi connectivity index (χ0) is 20.9. The first kappa shape index (κ1) is 19.0. The minimum Gasteiger partial charge on any atom is -0.377 e. The van der Waals surface area contributed by atoms with E-state index in [4.69, 9.17) is 4.74 Å². The van der Waals surface area contributed by atoms with E-state index in [2.05, 4.69) is 5.10 Å². The second kappa shape index (κ2) is 7.07. The molecule has 2 aromatic carbocycles. The normalized spacial score (nSPS) is 19.8. The predicted octanol–water partition coefficient (Wildman–Crippen LogP) is 2.69. The lowest BCUT2D eigenvalue weighted by atomic mass is 10.0. The summed E-state index contributed by atoms with van der Waals surface area (Å²) in [4.78, 5) is 15.4. The zero-order valence-corrected chi connectivity index (χ0v) is 17.3. The van der Waals surface area contributed by atoms with Gasteiger partial charge >= 0.3 is 0 Å². The number of carbonyl (C=O) groups excluding carboxylic acids is 1. The number of hydrogen-bond acceptors (Lipinski definition) is 5. The topological polar surface area (TPSA) is 81.5 Å². The number of rotatable bonds is 2. The van der Waals surface area contributed by atoms with E-state index in [1.807, 2.05) is 37.3 Å². The summed E-state index contributed by atoms with van der Waals surface area (Å²) in [5, 5.41) is 4.66. The Labute approximate surface area is 174 Å². The minimum absolute atomic E-state index is 0.101. The summed E-state index contributed by atoms with van der Waals surface area (Å²) in [7, 11) is -3.57. The summed E-state index contributed by atoms with van der Waals surface area (Å²) in [6, 6.07) is 16.3. The molecule has 3 heterocycles. The smallest absolute Gasteiger partial charge is 0.275 e. The molecule has 3 aromatic rings. The van der Waals surface area contributed by atoms with Gasteiger partial charge in [0, 0.05) is 17.7 Å². The molecular weight excluding hydrogens is 402 g/mol. The largest absolute Gasteiger partial charge is 0.377 e. The van der Waals surface area contributed by atoms with Crippen molar-refractivity contribution in [3.63, 3.8) is 0 Å². The molecule has 0 saturated carbocycles. The highest BCUT2D eigenvalue weighted by Crippen LogP contribution is 2.40. The molecule has 7 nitrogen and oxygen atoms in total. The van der Waals surface area contributed by atoms with Crippen LogP contribution in [0.5, 0.6) is 0 Å². The van der Waals surface area contributed by atoms with Crippen LogP contribution in [0, 0.1) is 0 Å². The number of fused-ring (bicyclic) bond motifs is 3. The predicted molar refractivity (Wildman–Crippen MR) is 111 cm³/mol. The highest BCUT2D eigenvalue weighted by molar-refractivity contribution is 7.90. The van der Waals surface area contributed by atoms with Crippen molar-refractivity contribution >= 4 is 15.7 Å². The van der Waals surface area contributed by atoms with Gasteiger partial charge in [0.1, 0.15) is 0 Å². The first-order chi connectivity index (χ1) is 14.5. The van der Waals surface area contributed by atoms with Crippen molar-refractivity contribution < 1.29 is 17.9 Å². The van der Waals surface area contributed by atoms with Gasteiger partial charge in [0.2, 0.25) is 0 Å². The van der Waals surface area contributed by atoms with E-state index in [9.17, 15) is 13.2 Å². The van der Waals surface area contributed by atoms with Gasteiger partial charge < -0.3 is 9.64 Å². The minimum atomic E-state index is -3.57. The Morgan fingerprint density at radius 1 is 1.10 bits per heavy atom. The number of sulfone groups is 1. The van der Waals surface area contributed by atoms with Crippen molar-refractivity contribution in [2.45, 2.75) is 23.6 Å². The Morgan fingerprint density at radius 2 is 1.83 bits per heavy atom. The molecule has 5 rings (SSSR count). The highest BCUT2D eigenvalue weighted by atomic mass is 32.2. The summed E-state index contributed by atoms with van der Waals surface area (Å²) >= 11 is 0. The van der Waals surface area contributed by atoms with Crippen molar-refractivity contribution in [3.05, 3.63) is 65.9 Å². The molecule has 0 aliphatic carbocycles. The van der Waals surface area contributed by atoms with Crippen molar-refractivity contribution in [3.8, 4) is 16.9 Å². The van der Waals surface area contributed by atoms with E-state index in [1.165, 1.54) is 0 Å². The molecule has 0 bridgehead atoms. The number of benzene rings is 2. The summed E-state index contributed by atoms with van der Waals surface area (Å²) in [6.45, 7) is 3.29. The Morgan fingerprint density at radius 3 is 2.60 bits per heavy atom. The molecule has 1 fully saturated rings. The molecule has 154 valence electrons. The van der Waals surface area contributed by atoms with E-state index >= 15 is 0 Å². The average Bonchev–Trinajstić information content (AvgIpc) is 3.13. The molecule has 0 radical (unpaired) electrons. The van der Waals surface area contributed by atoms with Crippen LogP contribution in [-0.2, 0) is 20.3 Å². The van der Waals surface area contributed by atoms with Crippen LogP contribution < -0.4 is 0 Å². The first-order valence-electron chi connectivity index (χ1n) is 9.85. The van der Waals surface area contributed by atoms with Gasteiger partial charge in [-0.05, 0) is 25.1 Å². The molecule has 0 spiro atoms. The van der Waals surface area contributed by atoms with Crippen LogP contribution >= 0.6 is 0 Å². The van der Waals surface area contributed by atoms with Crippen LogP contribution in [0.15, 0.2) is 59.5 Å². The Hall–Kier alpha value is -2.97. The van der Waals surface area contributed by atoms with Gasteiger partial charge in [-0.25, -0.2) is 13.1 Å². The third-order valence-electron chi connectivity index (χ3n) is 5.63. The Kier molecular flexibility index (Phi) is 4.48. The van der Waals surface area contributed by atoms with E-state index in [0.717, 1.165) is 5.69 Å². The van der Waals surface area contributed by atoms with Crippen LogP contribution in [0.3, 0.4) is 0 Å². The maximum absolute atomic E-state index is 13.4. The van der Waals surface area contributed by atoms with Crippen molar-refractivity contribution in [1.29, 1.82) is 0 Å². The number of carbonyl (C=O) groups is 1. The van der Waals surface area contributed by atoms with E-state index < -0.39 is 9.84 Å². The third kappa shape index (κ3) is 2.95. The molecule has 0 N–H and O–H groups in total. The Balaban J connectivity index is 1.75. The van der Waals surface area contributed by atoms with Crippen molar-refractivity contribution in [2.75, 3.05) is 19.8 Å². The fourth-order valence-electron chi connectivity index (χ4n) is 4.16. The molecule has 1 unspecified atom stereocenters. The van der Waals surface area contributed by atoms with E-state index in [0.29, 0.717) is 36.6 Å². The number of amides is 1. The first-order valence-corrected chi connectivity index (χ1v) is 11.5. The molecular formula is C22H21N3O4S. The van der Waals surface area contributed by atoms with Crippen LogP contribution in [0.25, 0.3) is 16.9 Å². The Bertz CT molecular complexity index is 1230. The SMILES string of the molecule is CC1COCCN1C(=O)c1nn(-c2ccccc2)c2c1CS(=O)(=O)c1ccccc1-2. The summed E-state index contributed by atoms with van der Waals surface area (Å²) in [5.41, 5.74) is 2.67. The van der Waals surface area contributed by atoms with E-state index in [1.54, 1.807) is 33.8 Å². The van der Waals surface area contributed by atoms with Crippen LogP contribution in [0.2, 0.25) is 0 Å². The maximum Gasteiger partial charge on any atom is 0.275 e. The molecule has 1 saturated heterocycles. The molecule has 8 heteroatoms. The standard InChI is InChI=1S/C22H21N3O4S/c1-15-13-29-12-11-24(15)22(26)20-18-14-30(27,28)19-10-6-5-9-17(19)21(18)25(23-20)16-7-3-2-4-8-16/h2-10,15H,11-14H2,1H3. The van der Waals surface area contributed by atoms with Gasteiger partial charge in [0.25, 0.3) is 5.91 Å². The van der Waals surface area contributed by atoms with Crippen molar-refractivity contribution in [2.24, 2.45) is 0 Å². The number of nitrogens with zero attached hydrogens (tertiary/aromatic N) is 3. The molecule has 1 aromatic heterocycles. The monoisotopic (exact) mass is 423 g/mol. The van der Waals surface area contributed by atoms with Crippen molar-refractivity contribution in [1.82, 2.24) is 14.7 Å². The summed E-state index contributed by atoms with van der Waals surface area (Å²) in [6.07, 6.45) is 0. The second-order valence-electron chi connectivity index (χ2n) is 7.60. The molecule has 1 atom stereocenters. The fourth-order valence-corrected chi connectivity index (χ4v) is 5.75. The summed E-state index contributed by atoms with van der Waals surface area (Å²) < 4.78 is 33.2. The van der Waals surface area contributed by atoms with Gasteiger partial charge in [-0.3, -0.25) is 4.79 Å². The van der Waals surface area contributed by atoms with Gasteiger partial charge in [-0.15, -0.1) is 0 Å². The number of morpholine rings is 1. The maximum atomic E-state index is 13.4. The second-order valence-corrected chi connectivity index (χ2v) is 9.56. The molecule has 2 aliphatic heterocycles.